The molecule has 2 aliphatic carbocycles. The summed E-state index contributed by atoms with van der Waals surface area (Å²) in [6.07, 6.45) is 5.54. The SMILES string of the molecule is CCc1cc(CC(O)C2CC3CC3C2)n(CC)n1. The second-order valence-corrected chi connectivity index (χ2v) is 6.06. The fourth-order valence-electron chi connectivity index (χ4n) is 3.58. The van der Waals surface area contributed by atoms with Gasteiger partial charge in [-0.1, -0.05) is 6.92 Å². The topological polar surface area (TPSA) is 38.0 Å². The molecule has 3 heteroatoms. The van der Waals surface area contributed by atoms with Crippen LogP contribution in [0.3, 0.4) is 0 Å². The van der Waals surface area contributed by atoms with Crippen LogP contribution in [-0.2, 0) is 19.4 Å². The summed E-state index contributed by atoms with van der Waals surface area (Å²) < 4.78 is 2.05. The molecule has 3 unspecified atom stereocenters. The number of hydrogen-bond donors (Lipinski definition) is 1. The van der Waals surface area contributed by atoms with Crippen LogP contribution in [-0.4, -0.2) is 21.0 Å². The predicted octanol–water partition coefficient (Wildman–Crippen LogP) is 2.41. The molecule has 1 N–H and O–H groups in total. The van der Waals surface area contributed by atoms with Crippen LogP contribution < -0.4 is 0 Å². The van der Waals surface area contributed by atoms with Crippen molar-refractivity contribution in [2.75, 3.05) is 0 Å². The van der Waals surface area contributed by atoms with Gasteiger partial charge < -0.3 is 5.11 Å². The summed E-state index contributed by atoms with van der Waals surface area (Å²) in [6.45, 7) is 5.15. The summed E-state index contributed by atoms with van der Waals surface area (Å²) in [5, 5.41) is 15.0. The smallest absolute Gasteiger partial charge is 0.0624 e. The number of aryl methyl sites for hydroxylation is 2. The van der Waals surface area contributed by atoms with Gasteiger partial charge in [0.1, 0.15) is 0 Å². The number of aliphatic hydroxyl groups excluding tert-OH is 1. The molecule has 0 aromatic carbocycles. The third-order valence-electron chi connectivity index (χ3n) is 4.82. The molecule has 2 aliphatic rings. The number of aromatic nitrogens is 2. The normalized spacial score (nSPS) is 31.4. The Bertz CT molecular complexity index is 416. The lowest BCUT2D eigenvalue weighted by molar-refractivity contribution is 0.102. The molecule has 3 rings (SSSR count). The maximum Gasteiger partial charge on any atom is 0.0624 e. The molecule has 1 heterocycles. The maximum absolute atomic E-state index is 10.4. The molecular formula is C15H24N2O. The summed E-state index contributed by atoms with van der Waals surface area (Å²) in [5.74, 6) is 2.44. The zero-order chi connectivity index (χ0) is 12.7. The average Bonchev–Trinajstić information content (AvgIpc) is 2.83. The fourth-order valence-corrected chi connectivity index (χ4v) is 3.58. The van der Waals surface area contributed by atoms with Gasteiger partial charge in [-0.15, -0.1) is 0 Å². The monoisotopic (exact) mass is 248 g/mol. The fraction of sp³-hybridized carbons (Fsp3) is 0.800. The highest BCUT2D eigenvalue weighted by Crippen LogP contribution is 2.55. The standard InChI is InChI=1S/C15H24N2O/c1-3-13-8-14(17(4-2)16-13)9-15(18)12-6-10-5-11(10)7-12/h8,10-12,15,18H,3-7,9H2,1-2H3. The van der Waals surface area contributed by atoms with E-state index in [-0.39, 0.29) is 6.10 Å². The molecule has 0 aliphatic heterocycles. The van der Waals surface area contributed by atoms with Crippen molar-refractivity contribution in [1.82, 2.24) is 9.78 Å². The highest BCUT2D eigenvalue weighted by Gasteiger charge is 2.47. The van der Waals surface area contributed by atoms with E-state index in [1.165, 1.54) is 25.0 Å². The van der Waals surface area contributed by atoms with E-state index in [1.54, 1.807) is 0 Å². The Kier molecular flexibility index (Phi) is 3.18. The van der Waals surface area contributed by atoms with Crippen molar-refractivity contribution in [3.05, 3.63) is 17.5 Å². The molecule has 100 valence electrons. The first kappa shape index (κ1) is 12.2. The van der Waals surface area contributed by atoms with Crippen molar-refractivity contribution in [3.8, 4) is 0 Å². The highest BCUT2D eigenvalue weighted by molar-refractivity contribution is 5.12. The van der Waals surface area contributed by atoms with E-state index in [9.17, 15) is 5.11 Å². The minimum atomic E-state index is -0.162. The number of fused-ring (bicyclic) bond motifs is 1. The first-order valence-corrected chi connectivity index (χ1v) is 7.44. The van der Waals surface area contributed by atoms with Gasteiger partial charge in [0, 0.05) is 18.7 Å². The lowest BCUT2D eigenvalue weighted by atomic mass is 9.93. The van der Waals surface area contributed by atoms with E-state index in [1.807, 2.05) is 0 Å². The first-order valence-electron chi connectivity index (χ1n) is 7.44. The quantitative estimate of drug-likeness (QED) is 0.869. The van der Waals surface area contributed by atoms with Gasteiger partial charge in [-0.2, -0.15) is 5.10 Å². The molecule has 2 saturated carbocycles. The van der Waals surface area contributed by atoms with Gasteiger partial charge >= 0.3 is 0 Å². The van der Waals surface area contributed by atoms with E-state index in [0.29, 0.717) is 5.92 Å². The molecule has 1 aromatic rings. The molecule has 1 aromatic heterocycles. The second-order valence-electron chi connectivity index (χ2n) is 6.06. The Hall–Kier alpha value is -0.830. The van der Waals surface area contributed by atoms with E-state index in [0.717, 1.165) is 36.9 Å². The van der Waals surface area contributed by atoms with Crippen LogP contribution in [0.2, 0.25) is 0 Å². The minimum Gasteiger partial charge on any atom is -0.392 e. The van der Waals surface area contributed by atoms with Crippen LogP contribution in [0.25, 0.3) is 0 Å². The summed E-state index contributed by atoms with van der Waals surface area (Å²) in [6, 6.07) is 2.17. The Morgan fingerprint density at radius 3 is 2.67 bits per heavy atom. The van der Waals surface area contributed by atoms with Gasteiger partial charge in [0.15, 0.2) is 0 Å². The zero-order valence-electron chi connectivity index (χ0n) is 11.5. The molecule has 3 atom stereocenters. The predicted molar refractivity (Wildman–Crippen MR) is 71.3 cm³/mol. The van der Waals surface area contributed by atoms with Gasteiger partial charge in [-0.25, -0.2) is 0 Å². The molecule has 0 amide bonds. The molecule has 0 radical (unpaired) electrons. The van der Waals surface area contributed by atoms with Gasteiger partial charge in [-0.05, 0) is 56.4 Å². The number of rotatable bonds is 5. The number of hydrogen-bond acceptors (Lipinski definition) is 2. The van der Waals surface area contributed by atoms with Gasteiger partial charge in [-0.3, -0.25) is 4.68 Å². The van der Waals surface area contributed by atoms with Crippen LogP contribution in [0.5, 0.6) is 0 Å². The molecular weight excluding hydrogens is 224 g/mol. The molecule has 2 fully saturated rings. The van der Waals surface area contributed by atoms with Crippen LogP contribution in [0.15, 0.2) is 6.07 Å². The van der Waals surface area contributed by atoms with E-state index < -0.39 is 0 Å². The Morgan fingerprint density at radius 1 is 1.33 bits per heavy atom. The first-order chi connectivity index (χ1) is 8.71. The number of nitrogens with zero attached hydrogens (tertiary/aromatic N) is 2. The van der Waals surface area contributed by atoms with Gasteiger partial charge in [0.2, 0.25) is 0 Å². The van der Waals surface area contributed by atoms with E-state index in [4.69, 9.17) is 0 Å². The van der Waals surface area contributed by atoms with Crippen molar-refractivity contribution in [3.63, 3.8) is 0 Å². The van der Waals surface area contributed by atoms with Crippen LogP contribution in [0, 0.1) is 17.8 Å². The Labute approximate surface area is 109 Å². The second kappa shape index (κ2) is 4.69. The number of aliphatic hydroxyl groups is 1. The largest absolute Gasteiger partial charge is 0.392 e. The third-order valence-corrected chi connectivity index (χ3v) is 4.82. The molecule has 18 heavy (non-hydrogen) atoms. The lowest BCUT2D eigenvalue weighted by Crippen LogP contribution is -2.23. The van der Waals surface area contributed by atoms with Crippen LogP contribution in [0.4, 0.5) is 0 Å². The molecule has 0 bridgehead atoms. The summed E-state index contributed by atoms with van der Waals surface area (Å²) in [5.41, 5.74) is 2.36. The molecule has 0 spiro atoms. The van der Waals surface area contributed by atoms with Crippen LogP contribution in [0.1, 0.15) is 44.5 Å². The van der Waals surface area contributed by atoms with E-state index in [2.05, 4.69) is 29.7 Å². The van der Waals surface area contributed by atoms with Crippen molar-refractivity contribution in [2.45, 2.75) is 58.6 Å². The van der Waals surface area contributed by atoms with Crippen molar-refractivity contribution < 1.29 is 5.11 Å². The lowest BCUT2D eigenvalue weighted by Gasteiger charge is -2.19. The summed E-state index contributed by atoms with van der Waals surface area (Å²) in [4.78, 5) is 0. The maximum atomic E-state index is 10.4. The van der Waals surface area contributed by atoms with Gasteiger partial charge in [0.25, 0.3) is 0 Å². The Morgan fingerprint density at radius 2 is 2.06 bits per heavy atom. The zero-order valence-corrected chi connectivity index (χ0v) is 11.5. The third kappa shape index (κ3) is 2.20. The van der Waals surface area contributed by atoms with Crippen molar-refractivity contribution in [2.24, 2.45) is 17.8 Å². The molecule has 0 saturated heterocycles. The van der Waals surface area contributed by atoms with E-state index >= 15 is 0 Å². The van der Waals surface area contributed by atoms with Crippen molar-refractivity contribution >= 4 is 0 Å². The van der Waals surface area contributed by atoms with Crippen LogP contribution >= 0.6 is 0 Å². The minimum absolute atomic E-state index is 0.162. The Balaban J connectivity index is 1.65. The highest BCUT2D eigenvalue weighted by atomic mass is 16.3. The van der Waals surface area contributed by atoms with Gasteiger partial charge in [0.05, 0.1) is 11.8 Å². The average molecular weight is 248 g/mol. The molecule has 3 nitrogen and oxygen atoms in total. The summed E-state index contributed by atoms with van der Waals surface area (Å²) >= 11 is 0. The van der Waals surface area contributed by atoms with Crippen molar-refractivity contribution in [1.29, 1.82) is 0 Å². The summed E-state index contributed by atoms with van der Waals surface area (Å²) in [7, 11) is 0.